The maximum Gasteiger partial charge on any atom is 0.312 e. The number of rotatable bonds is 5. The molecule has 8 heteroatoms. The molecule has 0 bridgehead atoms. The van der Waals surface area contributed by atoms with Crippen molar-refractivity contribution in [3.63, 3.8) is 0 Å². The molecule has 25 heavy (non-hydrogen) atoms. The van der Waals surface area contributed by atoms with Crippen molar-refractivity contribution in [1.82, 2.24) is 4.31 Å². The van der Waals surface area contributed by atoms with Crippen LogP contribution in [0.15, 0.2) is 0 Å². The Balaban J connectivity index is 1.87. The van der Waals surface area contributed by atoms with E-state index in [0.717, 1.165) is 6.42 Å². The first-order valence-electron chi connectivity index (χ1n) is 9.07. The molecule has 0 radical (unpaired) electrons. The Kier molecular flexibility index (Phi) is 5.79. The quantitative estimate of drug-likeness (QED) is 0.532. The zero-order valence-electron chi connectivity index (χ0n) is 16.4. The second-order valence-electron chi connectivity index (χ2n) is 9.07. The highest BCUT2D eigenvalue weighted by Gasteiger charge is 2.51. The van der Waals surface area contributed by atoms with Gasteiger partial charge in [0.15, 0.2) is 8.32 Å². The van der Waals surface area contributed by atoms with Crippen LogP contribution in [0.25, 0.3) is 0 Å². The lowest BCUT2D eigenvalue weighted by atomic mass is 9.76. The van der Waals surface area contributed by atoms with Gasteiger partial charge in [0.2, 0.25) is 10.0 Å². The van der Waals surface area contributed by atoms with Gasteiger partial charge in [-0.1, -0.05) is 20.8 Å². The Morgan fingerprint density at radius 3 is 2.32 bits per heavy atom. The van der Waals surface area contributed by atoms with E-state index in [1.54, 1.807) is 0 Å². The zero-order valence-corrected chi connectivity index (χ0v) is 18.2. The maximum absolute atomic E-state index is 12.4. The first-order valence-corrected chi connectivity index (χ1v) is 13.8. The molecule has 1 atom stereocenters. The van der Waals surface area contributed by atoms with E-state index in [1.807, 2.05) is 0 Å². The van der Waals surface area contributed by atoms with Crippen LogP contribution in [0.4, 0.5) is 0 Å². The SMILES string of the molecule is CC(C)(C)[Si](C)(C)OCCC1CC2(CCN(S(C)(=O)=O)CC2)C(=O)O1. The number of sulfonamides is 1. The van der Waals surface area contributed by atoms with Gasteiger partial charge in [-0.2, -0.15) is 0 Å². The Hall–Kier alpha value is -0.443. The third kappa shape index (κ3) is 4.64. The summed E-state index contributed by atoms with van der Waals surface area (Å²) in [7, 11) is -4.97. The highest BCUT2D eigenvalue weighted by Crippen LogP contribution is 2.44. The average molecular weight is 392 g/mol. The summed E-state index contributed by atoms with van der Waals surface area (Å²) in [4.78, 5) is 12.4. The molecule has 1 spiro atoms. The summed E-state index contributed by atoms with van der Waals surface area (Å²) in [6.07, 6.45) is 3.62. The van der Waals surface area contributed by atoms with Crippen LogP contribution in [-0.2, 0) is 24.0 Å². The molecule has 0 amide bonds. The van der Waals surface area contributed by atoms with E-state index in [2.05, 4.69) is 33.9 Å². The third-order valence-electron chi connectivity index (χ3n) is 6.18. The van der Waals surface area contributed by atoms with E-state index in [4.69, 9.17) is 9.16 Å². The number of carbonyl (C=O) groups excluding carboxylic acids is 1. The van der Waals surface area contributed by atoms with Crippen LogP contribution in [0.2, 0.25) is 18.1 Å². The number of carbonyl (C=O) groups is 1. The number of cyclic esters (lactones) is 1. The molecule has 2 rings (SSSR count). The first-order chi connectivity index (χ1) is 11.3. The second-order valence-corrected chi connectivity index (χ2v) is 15.9. The summed E-state index contributed by atoms with van der Waals surface area (Å²) in [6, 6.07) is 0. The molecule has 146 valence electrons. The van der Waals surface area contributed by atoms with Gasteiger partial charge >= 0.3 is 5.97 Å². The molecule has 2 saturated heterocycles. The van der Waals surface area contributed by atoms with Gasteiger partial charge < -0.3 is 9.16 Å². The molecule has 0 aromatic rings. The molecular formula is C17H33NO5SSi. The van der Waals surface area contributed by atoms with Crippen LogP contribution < -0.4 is 0 Å². The van der Waals surface area contributed by atoms with Gasteiger partial charge in [0.25, 0.3) is 0 Å². The van der Waals surface area contributed by atoms with Crippen molar-refractivity contribution in [3.05, 3.63) is 0 Å². The van der Waals surface area contributed by atoms with Gasteiger partial charge in [-0.15, -0.1) is 0 Å². The number of ether oxygens (including phenoxy) is 1. The molecule has 0 aromatic carbocycles. The molecule has 2 aliphatic heterocycles. The minimum absolute atomic E-state index is 0.109. The van der Waals surface area contributed by atoms with Crippen molar-refractivity contribution >= 4 is 24.3 Å². The average Bonchev–Trinajstić information content (AvgIpc) is 2.73. The van der Waals surface area contributed by atoms with E-state index in [1.165, 1.54) is 10.6 Å². The van der Waals surface area contributed by atoms with E-state index in [9.17, 15) is 13.2 Å². The second kappa shape index (κ2) is 6.94. The Morgan fingerprint density at radius 1 is 1.28 bits per heavy atom. The van der Waals surface area contributed by atoms with Gasteiger partial charge in [0.05, 0.1) is 11.7 Å². The molecule has 0 aromatic heterocycles. The normalized spacial score (nSPS) is 25.4. The lowest BCUT2D eigenvalue weighted by Crippen LogP contribution is -2.44. The first kappa shape index (κ1) is 20.9. The van der Waals surface area contributed by atoms with Crippen LogP contribution in [0, 0.1) is 5.41 Å². The molecule has 2 aliphatic rings. The summed E-state index contributed by atoms with van der Waals surface area (Å²) in [5.74, 6) is -0.155. The monoisotopic (exact) mass is 391 g/mol. The molecule has 2 fully saturated rings. The highest BCUT2D eigenvalue weighted by molar-refractivity contribution is 7.88. The smallest absolute Gasteiger partial charge is 0.312 e. The lowest BCUT2D eigenvalue weighted by molar-refractivity contribution is -0.150. The lowest BCUT2D eigenvalue weighted by Gasteiger charge is -2.36. The Bertz CT molecular complexity index is 603. The van der Waals surface area contributed by atoms with Gasteiger partial charge in [-0.3, -0.25) is 4.79 Å². The minimum Gasteiger partial charge on any atom is -0.462 e. The number of esters is 1. The van der Waals surface area contributed by atoms with Crippen molar-refractivity contribution in [2.45, 2.75) is 70.7 Å². The standard InChI is InChI=1S/C17H33NO5SSi/c1-16(2,3)25(5,6)22-12-7-14-13-17(15(19)23-14)8-10-18(11-9-17)24(4,20)21/h14H,7-13H2,1-6H3. The molecule has 0 aliphatic carbocycles. The highest BCUT2D eigenvalue weighted by atomic mass is 32.2. The van der Waals surface area contributed by atoms with Gasteiger partial charge in [0, 0.05) is 32.5 Å². The van der Waals surface area contributed by atoms with E-state index >= 15 is 0 Å². The van der Waals surface area contributed by atoms with Crippen molar-refractivity contribution < 1.29 is 22.4 Å². The Morgan fingerprint density at radius 2 is 1.84 bits per heavy atom. The summed E-state index contributed by atoms with van der Waals surface area (Å²) >= 11 is 0. The fourth-order valence-corrected chi connectivity index (χ4v) is 5.22. The fraction of sp³-hybridized carbons (Fsp3) is 0.941. The zero-order chi connectivity index (χ0) is 19.1. The fourth-order valence-electron chi connectivity index (χ4n) is 3.31. The van der Waals surface area contributed by atoms with Crippen molar-refractivity contribution in [1.29, 1.82) is 0 Å². The van der Waals surface area contributed by atoms with Crippen LogP contribution in [0.1, 0.15) is 46.5 Å². The van der Waals surface area contributed by atoms with Crippen LogP contribution in [0.5, 0.6) is 0 Å². The van der Waals surface area contributed by atoms with Crippen molar-refractivity contribution in [2.24, 2.45) is 5.41 Å². The summed E-state index contributed by atoms with van der Waals surface area (Å²) in [6.45, 7) is 12.5. The molecule has 0 N–H and O–H groups in total. The molecule has 1 unspecified atom stereocenters. The topological polar surface area (TPSA) is 72.9 Å². The third-order valence-corrected chi connectivity index (χ3v) is 12.0. The van der Waals surface area contributed by atoms with Gasteiger partial charge in [-0.25, -0.2) is 12.7 Å². The van der Waals surface area contributed by atoms with Crippen LogP contribution in [-0.4, -0.2) is 59.1 Å². The number of piperidine rings is 1. The van der Waals surface area contributed by atoms with Crippen molar-refractivity contribution in [2.75, 3.05) is 26.0 Å². The predicted molar refractivity (Wildman–Crippen MR) is 100 cm³/mol. The minimum atomic E-state index is -3.18. The molecule has 6 nitrogen and oxygen atoms in total. The summed E-state index contributed by atoms with van der Waals surface area (Å²) < 4.78 is 36.5. The number of hydrogen-bond acceptors (Lipinski definition) is 5. The van der Waals surface area contributed by atoms with E-state index in [0.29, 0.717) is 39.0 Å². The summed E-state index contributed by atoms with van der Waals surface area (Å²) in [5, 5.41) is 0.166. The maximum atomic E-state index is 12.4. The van der Waals surface area contributed by atoms with Crippen LogP contribution in [0.3, 0.4) is 0 Å². The largest absolute Gasteiger partial charge is 0.462 e. The number of hydrogen-bond donors (Lipinski definition) is 0. The van der Waals surface area contributed by atoms with Gasteiger partial charge in [-0.05, 0) is 31.0 Å². The van der Waals surface area contributed by atoms with Crippen molar-refractivity contribution in [3.8, 4) is 0 Å². The Labute approximate surface area is 153 Å². The van der Waals surface area contributed by atoms with Gasteiger partial charge in [0.1, 0.15) is 6.10 Å². The van der Waals surface area contributed by atoms with E-state index < -0.39 is 23.8 Å². The number of nitrogens with zero attached hydrogens (tertiary/aromatic N) is 1. The van der Waals surface area contributed by atoms with Crippen LogP contribution >= 0.6 is 0 Å². The molecule has 0 saturated carbocycles. The predicted octanol–water partition coefficient (Wildman–Crippen LogP) is 2.76. The molecule has 2 heterocycles. The van der Waals surface area contributed by atoms with E-state index in [-0.39, 0.29) is 17.1 Å². The summed E-state index contributed by atoms with van der Waals surface area (Å²) in [5.41, 5.74) is -0.497. The molecular weight excluding hydrogens is 358 g/mol.